The van der Waals surface area contributed by atoms with E-state index in [1.165, 1.54) is 0 Å². The van der Waals surface area contributed by atoms with E-state index in [1.54, 1.807) is 21.9 Å². The molecule has 1 fully saturated rings. The largest absolute Gasteiger partial charge is 0.479 e. The average molecular weight is 589 g/mol. The van der Waals surface area contributed by atoms with Crippen molar-refractivity contribution in [3.8, 4) is 5.69 Å². The molecule has 43 heavy (non-hydrogen) atoms. The van der Waals surface area contributed by atoms with Gasteiger partial charge in [0.2, 0.25) is 6.29 Å². The van der Waals surface area contributed by atoms with Crippen LogP contribution in [0.25, 0.3) is 27.5 Å². The zero-order valence-corrected chi connectivity index (χ0v) is 24.8. The fourth-order valence-electron chi connectivity index (χ4n) is 6.07. The number of aliphatic hydroxyl groups excluding tert-OH is 3. The van der Waals surface area contributed by atoms with Crippen molar-refractivity contribution in [3.05, 3.63) is 35.4 Å². The number of ether oxygens (including phenoxy) is 2. The third kappa shape index (κ3) is 5.16. The maximum absolute atomic E-state index is 15.1. The Labute approximate surface area is 250 Å². The predicted molar refractivity (Wildman–Crippen MR) is 168 cm³/mol. The van der Waals surface area contributed by atoms with Crippen LogP contribution in [0.2, 0.25) is 0 Å². The molecule has 0 spiro atoms. The SMILES string of the molecule is Bc1c(B)c(-n2c(C(C)C)c(CCC(=O)O[C@@H]3O[C@H](C(=O)O)[C@@H](O)[C@H](O)[C@H]3O)c3cc4[nH]ncc4cc32)c(B)c(B)c1F. The molecule has 5 rings (SSSR count). The van der Waals surface area contributed by atoms with E-state index < -0.39 is 42.6 Å². The van der Waals surface area contributed by atoms with Crippen LogP contribution < -0.4 is 21.9 Å². The van der Waals surface area contributed by atoms with Crippen LogP contribution in [0.4, 0.5) is 4.39 Å². The molecule has 0 radical (unpaired) electrons. The second-order valence-corrected chi connectivity index (χ2v) is 11.6. The van der Waals surface area contributed by atoms with E-state index in [2.05, 4.69) is 14.8 Å². The van der Waals surface area contributed by atoms with Gasteiger partial charge in [0.25, 0.3) is 0 Å². The number of aliphatic carboxylic acids is 1. The summed E-state index contributed by atoms with van der Waals surface area (Å²) in [6.45, 7) is 4.08. The highest BCUT2D eigenvalue weighted by Gasteiger charge is 2.48. The molecule has 2 aromatic carbocycles. The molecule has 16 heteroatoms. The van der Waals surface area contributed by atoms with Gasteiger partial charge in [-0.25, -0.2) is 9.18 Å². The number of aromatic amines is 1. The van der Waals surface area contributed by atoms with E-state index in [-0.39, 0.29) is 24.6 Å². The van der Waals surface area contributed by atoms with Crippen molar-refractivity contribution in [2.75, 3.05) is 0 Å². The molecule has 0 saturated carbocycles. The zero-order chi connectivity index (χ0) is 31.5. The topological polar surface area (TPSA) is 167 Å². The summed E-state index contributed by atoms with van der Waals surface area (Å²) < 4.78 is 27.6. The van der Waals surface area contributed by atoms with Crippen molar-refractivity contribution in [1.82, 2.24) is 14.8 Å². The van der Waals surface area contributed by atoms with Gasteiger partial charge < -0.3 is 34.5 Å². The van der Waals surface area contributed by atoms with Gasteiger partial charge >= 0.3 is 11.9 Å². The lowest BCUT2D eigenvalue weighted by atomic mass is 9.68. The van der Waals surface area contributed by atoms with Gasteiger partial charge in [-0.2, -0.15) is 5.10 Å². The van der Waals surface area contributed by atoms with E-state index in [9.17, 15) is 30.0 Å². The number of benzene rings is 2. The first kappa shape index (κ1) is 30.9. The van der Waals surface area contributed by atoms with Crippen LogP contribution in [0.5, 0.6) is 0 Å². The Bertz CT molecular complexity index is 1730. The number of carboxylic acids is 1. The molecule has 5 N–H and O–H groups in total. The first-order valence-corrected chi connectivity index (χ1v) is 14.1. The molecule has 4 aromatic rings. The lowest BCUT2D eigenvalue weighted by molar-refractivity contribution is -0.286. The molecule has 0 bridgehead atoms. The van der Waals surface area contributed by atoms with Gasteiger partial charge in [0.15, 0.2) is 6.10 Å². The highest BCUT2D eigenvalue weighted by Crippen LogP contribution is 2.36. The smallest absolute Gasteiger partial charge is 0.335 e. The number of aromatic nitrogens is 3. The normalized spacial score (nSPS) is 22.4. The van der Waals surface area contributed by atoms with Gasteiger partial charge in [-0.15, -0.1) is 0 Å². The number of aliphatic hydroxyl groups is 3. The standard InChI is InChI=1S/C27H32B4FN3O8/c1-8(2)20-10(3-4-14(36)42-27-24(39)22(37)23(38)25(43-27)26(40)41)11-6-12-9(7-33-34-12)5-13(11)35(20)21-17(30)15(28)19(32)16(29)18(21)31/h5-8,22-25,27,37-39H,3-4,28-31H2,1-2H3,(H,33,34)(H,40,41)/t22-,23-,24+,25-,27+/m0/s1. The van der Waals surface area contributed by atoms with Crippen LogP contribution in [0.3, 0.4) is 0 Å². The first-order chi connectivity index (χ1) is 20.2. The Morgan fingerprint density at radius 2 is 1.72 bits per heavy atom. The van der Waals surface area contributed by atoms with Gasteiger partial charge in [-0.05, 0) is 30.0 Å². The van der Waals surface area contributed by atoms with Crippen molar-refractivity contribution in [3.63, 3.8) is 0 Å². The number of halogens is 1. The average Bonchev–Trinajstić information content (AvgIpc) is 3.54. The van der Waals surface area contributed by atoms with Crippen LogP contribution in [0.15, 0.2) is 18.3 Å². The fraction of sp³-hybridized carbons (Fsp3) is 0.370. The van der Waals surface area contributed by atoms with Crippen molar-refractivity contribution >= 4 is 87.0 Å². The molecule has 5 atom stereocenters. The van der Waals surface area contributed by atoms with Crippen LogP contribution in [0, 0.1) is 5.82 Å². The second kappa shape index (κ2) is 11.5. The Kier molecular flexibility index (Phi) is 8.25. The lowest BCUT2D eigenvalue weighted by Gasteiger charge is -2.37. The summed E-state index contributed by atoms with van der Waals surface area (Å²) in [5.41, 5.74) is 7.04. The summed E-state index contributed by atoms with van der Waals surface area (Å²) >= 11 is 0. The molecule has 3 heterocycles. The summed E-state index contributed by atoms with van der Waals surface area (Å²) in [4.78, 5) is 24.5. The van der Waals surface area contributed by atoms with Crippen LogP contribution in [0.1, 0.15) is 37.4 Å². The number of carbonyl (C=O) groups excluding carboxylic acids is 1. The molecule has 11 nitrogen and oxygen atoms in total. The molecule has 222 valence electrons. The molecule has 0 aliphatic carbocycles. The molecular weight excluding hydrogens is 557 g/mol. The number of rotatable bonds is 7. The summed E-state index contributed by atoms with van der Waals surface area (Å²) in [6, 6.07) is 3.98. The van der Waals surface area contributed by atoms with E-state index >= 15 is 4.39 Å². The number of carboxylic acid groups (broad SMARTS) is 1. The quantitative estimate of drug-likeness (QED) is 0.105. The van der Waals surface area contributed by atoms with E-state index in [0.29, 0.717) is 10.9 Å². The molecular formula is C27H32B4FN3O8. The lowest BCUT2D eigenvalue weighted by Crippen LogP contribution is -2.60. The Balaban J connectivity index is 1.58. The molecule has 1 aliphatic heterocycles. The Morgan fingerprint density at radius 1 is 1.07 bits per heavy atom. The van der Waals surface area contributed by atoms with Crippen molar-refractivity contribution in [2.24, 2.45) is 0 Å². The number of nitrogens with one attached hydrogen (secondary N) is 1. The van der Waals surface area contributed by atoms with Crippen molar-refractivity contribution < 1.29 is 43.9 Å². The third-order valence-electron chi connectivity index (χ3n) is 8.58. The number of esters is 1. The predicted octanol–water partition coefficient (Wildman–Crippen LogP) is -4.83. The Morgan fingerprint density at radius 3 is 2.33 bits per heavy atom. The summed E-state index contributed by atoms with van der Waals surface area (Å²) in [5.74, 6) is -2.63. The monoisotopic (exact) mass is 589 g/mol. The van der Waals surface area contributed by atoms with Gasteiger partial charge in [0, 0.05) is 28.6 Å². The number of carbonyl (C=O) groups is 2. The minimum Gasteiger partial charge on any atom is -0.479 e. The summed E-state index contributed by atoms with van der Waals surface area (Å²) in [7, 11) is 7.32. The van der Waals surface area contributed by atoms with E-state index in [1.807, 2.05) is 41.7 Å². The van der Waals surface area contributed by atoms with Gasteiger partial charge in [0.1, 0.15) is 55.5 Å². The minimum absolute atomic E-state index is 0.0178. The number of hydrogen-bond donors (Lipinski definition) is 5. The maximum Gasteiger partial charge on any atom is 0.335 e. The first-order valence-electron chi connectivity index (χ1n) is 14.1. The summed E-state index contributed by atoms with van der Waals surface area (Å²) in [6.07, 6.45) is -7.51. The van der Waals surface area contributed by atoms with Crippen molar-refractivity contribution in [1.29, 1.82) is 0 Å². The minimum atomic E-state index is -1.90. The van der Waals surface area contributed by atoms with Gasteiger partial charge in [0.05, 0.1) is 17.2 Å². The van der Waals surface area contributed by atoms with E-state index in [4.69, 9.17) is 9.47 Å². The number of hydrogen-bond acceptors (Lipinski definition) is 8. The van der Waals surface area contributed by atoms with Gasteiger partial charge in [-0.3, -0.25) is 9.89 Å². The van der Waals surface area contributed by atoms with Crippen LogP contribution in [-0.4, -0.2) is 109 Å². The Hall–Kier alpha value is -3.58. The molecule has 1 saturated heterocycles. The van der Waals surface area contributed by atoms with Gasteiger partial charge in [-0.1, -0.05) is 35.7 Å². The highest BCUT2D eigenvalue weighted by molar-refractivity contribution is 6.58. The molecule has 0 amide bonds. The fourth-order valence-corrected chi connectivity index (χ4v) is 6.07. The second-order valence-electron chi connectivity index (χ2n) is 11.6. The zero-order valence-electron chi connectivity index (χ0n) is 24.8. The third-order valence-corrected chi connectivity index (χ3v) is 8.58. The molecule has 0 unspecified atom stereocenters. The molecule has 1 aliphatic rings. The number of nitrogens with zero attached hydrogens (tertiary/aromatic N) is 2. The van der Waals surface area contributed by atoms with Crippen LogP contribution in [-0.2, 0) is 25.5 Å². The van der Waals surface area contributed by atoms with Crippen LogP contribution >= 0.6 is 0 Å². The number of fused-ring (bicyclic) bond motifs is 2. The van der Waals surface area contributed by atoms with Crippen molar-refractivity contribution in [2.45, 2.75) is 63.3 Å². The maximum atomic E-state index is 15.1. The summed E-state index contributed by atoms with van der Waals surface area (Å²) in [5, 5.41) is 48.5. The van der Waals surface area contributed by atoms with E-state index in [0.717, 1.165) is 49.7 Å². The molecule has 2 aromatic heterocycles. The number of H-pyrrole nitrogens is 1. The highest BCUT2D eigenvalue weighted by atomic mass is 19.1. The number of aryl methyl sites for hydroxylation is 1.